The minimum absolute atomic E-state index is 0. The van der Waals surface area contributed by atoms with E-state index in [0.29, 0.717) is 111 Å². The molecule has 15 heteroatoms. The summed E-state index contributed by atoms with van der Waals surface area (Å²) in [6.45, 7) is 0. The summed E-state index contributed by atoms with van der Waals surface area (Å²) in [5.41, 5.74) is 7.32. The first kappa shape index (κ1) is 50.3. The first-order valence-electron chi connectivity index (χ1n) is 24.7. The van der Waals surface area contributed by atoms with Crippen LogP contribution in [0.2, 0.25) is 0 Å². The van der Waals surface area contributed by atoms with E-state index in [0.717, 1.165) is 6.07 Å². The van der Waals surface area contributed by atoms with Crippen LogP contribution in [0.5, 0.6) is 0 Å². The van der Waals surface area contributed by atoms with Gasteiger partial charge in [0.2, 0.25) is 0 Å². The number of hydrogen-bond acceptors (Lipinski definition) is 7. The SMILES string of the molecule is O=C(O)c1cccc(-c2c3nc(c(-c4cccc(C(=O)O)c4)c4[n-]c(c(-c5cc(C(=O)O)cc(C(=O)O)c5)c5nc(c(-c6cccc(C(=O)O)c6)c6[n-]c2c2ccccc62)-c2ccccc2-5)c2ccccc42)-c2ccccc2-3)c1.[Pt+2]. The van der Waals surface area contributed by atoms with Crippen molar-refractivity contribution in [3.05, 3.63) is 216 Å². The van der Waals surface area contributed by atoms with Crippen LogP contribution in [0.4, 0.5) is 0 Å². The van der Waals surface area contributed by atoms with Crippen molar-refractivity contribution < 1.29 is 70.6 Å². The monoisotopic (exact) mass is 1230 g/mol. The summed E-state index contributed by atoms with van der Waals surface area (Å²) < 4.78 is 0. The molecule has 10 aromatic rings. The summed E-state index contributed by atoms with van der Waals surface area (Å²) in [7, 11) is 0. The molecule has 80 heavy (non-hydrogen) atoms. The van der Waals surface area contributed by atoms with Gasteiger partial charge in [-0.1, -0.05) is 133 Å². The van der Waals surface area contributed by atoms with Crippen LogP contribution in [0, 0.1) is 0 Å². The molecule has 14 nitrogen and oxygen atoms in total. The predicted molar refractivity (Wildman–Crippen MR) is 299 cm³/mol. The molecule has 4 heterocycles. The second-order valence-corrected chi connectivity index (χ2v) is 19.0. The van der Waals surface area contributed by atoms with Crippen LogP contribution in [0.25, 0.3) is 133 Å². The molecule has 0 fully saturated rings. The molecular formula is C65H36N4O10Pt. The molecule has 0 spiro atoms. The summed E-state index contributed by atoms with van der Waals surface area (Å²) >= 11 is 0. The molecular weight excluding hydrogens is 1190 g/mol. The van der Waals surface area contributed by atoms with Gasteiger partial charge in [-0.05, 0) is 121 Å². The van der Waals surface area contributed by atoms with E-state index in [2.05, 4.69) is 0 Å². The van der Waals surface area contributed by atoms with Crippen LogP contribution in [-0.4, -0.2) is 65.3 Å². The average Bonchev–Trinajstić information content (AvgIpc) is 4.39. The van der Waals surface area contributed by atoms with Gasteiger partial charge in [-0.3, -0.25) is 0 Å². The Labute approximate surface area is 466 Å². The minimum Gasteiger partial charge on any atom is -0.656 e. The topological polar surface area (TPSA) is 240 Å². The third kappa shape index (κ3) is 8.12. The molecule has 8 bridgehead atoms. The molecule has 2 aromatic heterocycles. The second-order valence-electron chi connectivity index (χ2n) is 19.0. The number of carboxylic acids is 5. The van der Waals surface area contributed by atoms with E-state index in [4.69, 9.17) is 19.9 Å². The minimum atomic E-state index is -1.39. The van der Waals surface area contributed by atoms with Crippen molar-refractivity contribution in [2.75, 3.05) is 0 Å². The fraction of sp³-hybridized carbons (Fsp3) is 0. The van der Waals surface area contributed by atoms with Crippen LogP contribution in [0.15, 0.2) is 188 Å². The third-order valence-corrected chi connectivity index (χ3v) is 14.4. The molecule has 13 rings (SSSR count). The van der Waals surface area contributed by atoms with Crippen molar-refractivity contribution in [2.24, 2.45) is 0 Å². The zero-order chi connectivity index (χ0) is 54.4. The zero-order valence-electron chi connectivity index (χ0n) is 41.3. The van der Waals surface area contributed by atoms with E-state index in [9.17, 15) is 49.5 Å². The summed E-state index contributed by atoms with van der Waals surface area (Å²) in [5, 5.41) is 55.0. The van der Waals surface area contributed by atoms with Crippen molar-refractivity contribution in [1.82, 2.24) is 19.9 Å². The van der Waals surface area contributed by atoms with Gasteiger partial charge in [0.05, 0.1) is 50.6 Å². The van der Waals surface area contributed by atoms with Gasteiger partial charge < -0.3 is 35.5 Å². The molecule has 3 aliphatic rings. The molecule has 5 N–H and O–H groups in total. The van der Waals surface area contributed by atoms with Gasteiger partial charge in [0.1, 0.15) is 0 Å². The Kier molecular flexibility index (Phi) is 12.2. The molecule has 0 saturated heterocycles. The molecule has 0 amide bonds. The standard InChI is InChI=1S/C65H38N4O10.Pt/c70-61(71)35-15-9-12-32(26-35)49-53-41-18-1-3-20-43(41)55(66-53)50(33-13-10-16-36(27-33)62(72)73)57-45-22-5-7-24-47(45)59(68-57)52(38-29-39(64(76)77)31-40(30-38)65(78)79)60-48-25-8-6-23-46(48)58(69-60)51(34-14-11-17-37(28-34)63(74)75)56-44-21-4-2-19-42(44)54(49)67-56;/h1-31H,(H7,66,67,68,69,70,71,72,73,74,75,76,77,78,79);/q;+2/p-2. The summed E-state index contributed by atoms with van der Waals surface area (Å²) in [6.07, 6.45) is 0. The molecule has 8 aromatic carbocycles. The van der Waals surface area contributed by atoms with Gasteiger partial charge in [-0.25, -0.2) is 33.9 Å². The van der Waals surface area contributed by atoms with Gasteiger partial charge in [0.25, 0.3) is 0 Å². The number of aromatic nitrogens is 4. The van der Waals surface area contributed by atoms with Crippen LogP contribution < -0.4 is 9.97 Å². The van der Waals surface area contributed by atoms with Crippen molar-refractivity contribution >= 4 is 73.5 Å². The Hall–Kier alpha value is -10.6. The zero-order valence-corrected chi connectivity index (χ0v) is 43.6. The van der Waals surface area contributed by atoms with Gasteiger partial charge >= 0.3 is 50.9 Å². The molecule has 0 radical (unpaired) electrons. The van der Waals surface area contributed by atoms with Gasteiger partial charge in [0, 0.05) is 22.3 Å². The predicted octanol–water partition coefficient (Wildman–Crippen LogP) is 13.7. The number of benzene rings is 8. The van der Waals surface area contributed by atoms with Crippen molar-refractivity contribution in [2.45, 2.75) is 0 Å². The maximum absolute atomic E-state index is 13.0. The Morgan fingerprint density at radius 2 is 0.537 bits per heavy atom. The van der Waals surface area contributed by atoms with Crippen LogP contribution >= 0.6 is 0 Å². The number of hydrogen-bond donors (Lipinski definition) is 5. The molecule has 0 atom stereocenters. The van der Waals surface area contributed by atoms with Gasteiger partial charge in [-0.2, -0.15) is 0 Å². The summed E-state index contributed by atoms with van der Waals surface area (Å²) in [6, 6.07) is 52.8. The maximum Gasteiger partial charge on any atom is 2.00 e. The summed E-state index contributed by atoms with van der Waals surface area (Å²) in [4.78, 5) is 86.9. The first-order valence-corrected chi connectivity index (χ1v) is 24.7. The largest absolute Gasteiger partial charge is 2.00 e. The van der Waals surface area contributed by atoms with E-state index in [1.807, 2.05) is 97.1 Å². The van der Waals surface area contributed by atoms with E-state index >= 15 is 0 Å². The smallest absolute Gasteiger partial charge is 0.656 e. The quantitative estimate of drug-likeness (QED) is 0.0903. The molecule has 0 unspecified atom stereocenters. The number of carboxylic acid groups (broad SMARTS) is 5. The van der Waals surface area contributed by atoms with Crippen molar-refractivity contribution in [3.8, 4) is 89.5 Å². The first-order chi connectivity index (χ1) is 38.3. The van der Waals surface area contributed by atoms with Gasteiger partial charge in [0.15, 0.2) is 0 Å². The van der Waals surface area contributed by atoms with E-state index in [-0.39, 0.29) is 71.2 Å². The fourth-order valence-electron chi connectivity index (χ4n) is 11.0. The van der Waals surface area contributed by atoms with Crippen LogP contribution in [-0.2, 0) is 21.1 Å². The Morgan fingerprint density at radius 1 is 0.287 bits per heavy atom. The van der Waals surface area contributed by atoms with Crippen molar-refractivity contribution in [1.29, 1.82) is 0 Å². The number of rotatable bonds is 9. The number of carbonyl (C=O) groups is 5. The molecule has 1 aliphatic carbocycles. The average molecular weight is 1230 g/mol. The van der Waals surface area contributed by atoms with Crippen LogP contribution in [0.1, 0.15) is 51.8 Å². The number of nitrogens with zero attached hydrogens (tertiary/aromatic N) is 4. The summed E-state index contributed by atoms with van der Waals surface area (Å²) in [5.74, 6) is -6.31. The molecule has 2 aliphatic heterocycles. The fourth-order valence-corrected chi connectivity index (χ4v) is 11.0. The number of aromatic carboxylic acids is 5. The Morgan fingerprint density at radius 3 is 0.812 bits per heavy atom. The molecule has 386 valence electrons. The maximum atomic E-state index is 13.0. The second kappa shape index (κ2) is 19.5. The van der Waals surface area contributed by atoms with E-state index in [1.54, 1.807) is 42.5 Å². The Bertz CT molecular complexity index is 4660. The normalized spacial score (nSPS) is 11.4. The van der Waals surface area contributed by atoms with Crippen LogP contribution in [0.3, 0.4) is 0 Å². The van der Waals surface area contributed by atoms with Crippen molar-refractivity contribution in [3.63, 3.8) is 0 Å². The van der Waals surface area contributed by atoms with E-state index < -0.39 is 29.8 Å². The van der Waals surface area contributed by atoms with Gasteiger partial charge in [-0.15, -0.1) is 22.1 Å². The molecule has 0 saturated carbocycles. The van der Waals surface area contributed by atoms with E-state index in [1.165, 1.54) is 42.5 Å². The Balaban J connectivity index is 0.00000637. The third-order valence-electron chi connectivity index (χ3n) is 14.4.